The molecule has 0 aliphatic heterocycles. The fourth-order valence-electron chi connectivity index (χ4n) is 4.46. The molecule has 2 amide bonds. The Labute approximate surface area is 242 Å². The lowest BCUT2D eigenvalue weighted by Gasteiger charge is -2.32. The minimum atomic E-state index is -3.62. The highest BCUT2D eigenvalue weighted by Crippen LogP contribution is 2.23. The van der Waals surface area contributed by atoms with E-state index >= 15 is 0 Å². The Morgan fingerprint density at radius 1 is 0.951 bits per heavy atom. The number of benzene rings is 3. The molecule has 3 aromatic rings. The number of methoxy groups -OCH3 is 1. The van der Waals surface area contributed by atoms with Gasteiger partial charge in [0.1, 0.15) is 17.6 Å². The molecule has 0 fully saturated rings. The molecule has 3 rings (SSSR count). The Balaban J connectivity index is 1.85. The number of hydrogen-bond acceptors (Lipinski definition) is 5. The first-order chi connectivity index (χ1) is 19.6. The highest BCUT2D eigenvalue weighted by Gasteiger charge is 2.30. The second-order valence-electron chi connectivity index (χ2n) is 9.78. The van der Waals surface area contributed by atoms with Crippen molar-refractivity contribution in [3.05, 3.63) is 95.8 Å². The van der Waals surface area contributed by atoms with Gasteiger partial charge in [-0.3, -0.25) is 13.9 Å². The van der Waals surface area contributed by atoms with Gasteiger partial charge in [-0.15, -0.1) is 0 Å². The normalized spacial score (nSPS) is 11.9. The Kier molecular flexibility index (Phi) is 11.7. The summed E-state index contributed by atoms with van der Waals surface area (Å²) < 4.78 is 45.2. The molecule has 1 atom stereocenters. The molecule has 0 bridgehead atoms. The Morgan fingerprint density at radius 3 is 2.20 bits per heavy atom. The van der Waals surface area contributed by atoms with Crippen molar-refractivity contribution in [3.8, 4) is 5.75 Å². The first-order valence-electron chi connectivity index (χ1n) is 13.6. The van der Waals surface area contributed by atoms with Crippen LogP contribution >= 0.6 is 0 Å². The third kappa shape index (κ3) is 9.60. The number of carbonyl (C=O) groups excluding carboxylic acids is 2. The van der Waals surface area contributed by atoms with Crippen molar-refractivity contribution in [1.82, 2.24) is 10.2 Å². The molecule has 3 aromatic carbocycles. The highest BCUT2D eigenvalue weighted by atomic mass is 32.2. The maximum absolute atomic E-state index is 13.8. The standard InChI is InChI=1S/C31H38FN3O5S/c1-4-20-33-31(37)29(22-24-9-6-5-7-10-24)34(23-25-12-14-26(32)15-13-25)30(36)11-8-21-35(41(3,38)39)27-16-18-28(40-2)19-17-27/h5-7,9-10,12-19,29H,4,8,11,20-23H2,1-3H3,(H,33,37). The second kappa shape index (κ2) is 15.2. The Morgan fingerprint density at radius 2 is 1.61 bits per heavy atom. The van der Waals surface area contributed by atoms with Gasteiger partial charge in [0, 0.05) is 32.5 Å². The van der Waals surface area contributed by atoms with Crippen LogP contribution in [-0.2, 0) is 32.6 Å². The summed E-state index contributed by atoms with van der Waals surface area (Å²) in [5, 5.41) is 2.92. The van der Waals surface area contributed by atoms with E-state index in [4.69, 9.17) is 4.74 Å². The van der Waals surface area contributed by atoms with Crippen LogP contribution in [-0.4, -0.2) is 57.6 Å². The zero-order valence-corrected chi connectivity index (χ0v) is 24.6. The molecule has 0 radical (unpaired) electrons. The molecule has 10 heteroatoms. The Hall–Kier alpha value is -3.92. The van der Waals surface area contributed by atoms with Gasteiger partial charge in [-0.25, -0.2) is 12.8 Å². The summed E-state index contributed by atoms with van der Waals surface area (Å²) in [5.74, 6) is -0.376. The van der Waals surface area contributed by atoms with Crippen LogP contribution < -0.4 is 14.4 Å². The molecule has 1 unspecified atom stereocenters. The van der Waals surface area contributed by atoms with Crippen molar-refractivity contribution < 1.29 is 27.1 Å². The lowest BCUT2D eigenvalue weighted by atomic mass is 10.0. The van der Waals surface area contributed by atoms with Gasteiger partial charge in [0.2, 0.25) is 21.8 Å². The minimum Gasteiger partial charge on any atom is -0.497 e. The molecule has 0 aromatic heterocycles. The van der Waals surface area contributed by atoms with Crippen molar-refractivity contribution in [2.75, 3.05) is 30.8 Å². The van der Waals surface area contributed by atoms with Crippen LogP contribution in [0.2, 0.25) is 0 Å². The Bertz CT molecular complexity index is 1370. The number of halogens is 1. The van der Waals surface area contributed by atoms with Gasteiger partial charge in [-0.1, -0.05) is 49.4 Å². The third-order valence-corrected chi connectivity index (χ3v) is 7.79. The summed E-state index contributed by atoms with van der Waals surface area (Å²) in [6.07, 6.45) is 2.39. The molecule has 0 aliphatic carbocycles. The predicted molar refractivity (Wildman–Crippen MR) is 159 cm³/mol. The molecule has 1 N–H and O–H groups in total. The maximum Gasteiger partial charge on any atom is 0.243 e. The number of ether oxygens (including phenoxy) is 1. The van der Waals surface area contributed by atoms with Crippen LogP contribution in [0.5, 0.6) is 5.75 Å². The lowest BCUT2D eigenvalue weighted by molar-refractivity contribution is -0.141. The number of nitrogens with zero attached hydrogens (tertiary/aromatic N) is 2. The van der Waals surface area contributed by atoms with E-state index in [0.29, 0.717) is 30.0 Å². The van der Waals surface area contributed by atoms with Crippen LogP contribution in [0, 0.1) is 5.82 Å². The minimum absolute atomic E-state index is 0.00964. The fourth-order valence-corrected chi connectivity index (χ4v) is 5.42. The first-order valence-corrected chi connectivity index (χ1v) is 15.4. The van der Waals surface area contributed by atoms with Crippen LogP contribution in [0.15, 0.2) is 78.9 Å². The van der Waals surface area contributed by atoms with Gasteiger partial charge in [0.15, 0.2) is 0 Å². The summed E-state index contributed by atoms with van der Waals surface area (Å²) in [6, 6.07) is 21.1. The summed E-state index contributed by atoms with van der Waals surface area (Å²) in [6.45, 7) is 2.59. The van der Waals surface area contributed by atoms with Gasteiger partial charge < -0.3 is 15.0 Å². The van der Waals surface area contributed by atoms with Gasteiger partial charge in [0.25, 0.3) is 0 Å². The van der Waals surface area contributed by atoms with Gasteiger partial charge >= 0.3 is 0 Å². The highest BCUT2D eigenvalue weighted by molar-refractivity contribution is 7.92. The molecule has 0 saturated heterocycles. The van der Waals surface area contributed by atoms with Crippen molar-refractivity contribution in [2.24, 2.45) is 0 Å². The van der Waals surface area contributed by atoms with Crippen molar-refractivity contribution in [2.45, 2.75) is 45.2 Å². The summed E-state index contributed by atoms with van der Waals surface area (Å²) in [4.78, 5) is 28.7. The quantitative estimate of drug-likeness (QED) is 0.283. The van der Waals surface area contributed by atoms with E-state index in [9.17, 15) is 22.4 Å². The van der Waals surface area contributed by atoms with Crippen molar-refractivity contribution in [3.63, 3.8) is 0 Å². The van der Waals surface area contributed by atoms with Crippen LogP contribution in [0.4, 0.5) is 10.1 Å². The average Bonchev–Trinajstić information content (AvgIpc) is 2.96. The zero-order valence-electron chi connectivity index (χ0n) is 23.8. The monoisotopic (exact) mass is 583 g/mol. The molecule has 0 heterocycles. The fraction of sp³-hybridized carbons (Fsp3) is 0.355. The van der Waals surface area contributed by atoms with E-state index in [1.54, 1.807) is 36.4 Å². The number of nitrogens with one attached hydrogen (secondary N) is 1. The number of hydrogen-bond donors (Lipinski definition) is 1. The van der Waals surface area contributed by atoms with E-state index in [-0.39, 0.29) is 37.7 Å². The molecular weight excluding hydrogens is 545 g/mol. The summed E-state index contributed by atoms with van der Waals surface area (Å²) >= 11 is 0. The largest absolute Gasteiger partial charge is 0.497 e. The van der Waals surface area contributed by atoms with Crippen molar-refractivity contribution in [1.29, 1.82) is 0 Å². The van der Waals surface area contributed by atoms with Crippen LogP contribution in [0.25, 0.3) is 0 Å². The third-order valence-electron chi connectivity index (χ3n) is 6.60. The molecular formula is C31H38FN3O5S. The number of carbonyl (C=O) groups is 2. The van der Waals surface area contributed by atoms with E-state index < -0.39 is 21.9 Å². The molecule has 8 nitrogen and oxygen atoms in total. The SMILES string of the molecule is CCCNC(=O)C(Cc1ccccc1)N(Cc1ccc(F)cc1)C(=O)CCCN(c1ccc(OC)cc1)S(C)(=O)=O. The van der Waals surface area contributed by atoms with Gasteiger partial charge in [0.05, 0.1) is 19.1 Å². The number of amides is 2. The summed E-state index contributed by atoms with van der Waals surface area (Å²) in [7, 11) is -2.09. The van der Waals surface area contributed by atoms with E-state index in [2.05, 4.69) is 5.32 Å². The smallest absolute Gasteiger partial charge is 0.243 e. The van der Waals surface area contributed by atoms with Crippen LogP contribution in [0.1, 0.15) is 37.3 Å². The van der Waals surface area contributed by atoms with E-state index in [0.717, 1.165) is 18.2 Å². The van der Waals surface area contributed by atoms with Crippen molar-refractivity contribution >= 4 is 27.5 Å². The molecule has 0 aliphatic rings. The average molecular weight is 584 g/mol. The van der Waals surface area contributed by atoms with E-state index in [1.165, 1.54) is 28.4 Å². The predicted octanol–water partition coefficient (Wildman–Crippen LogP) is 4.55. The number of sulfonamides is 1. The molecule has 0 saturated carbocycles. The number of rotatable bonds is 15. The lowest BCUT2D eigenvalue weighted by Crippen LogP contribution is -2.50. The second-order valence-corrected chi connectivity index (χ2v) is 11.7. The number of anilines is 1. The molecule has 0 spiro atoms. The topological polar surface area (TPSA) is 96.0 Å². The first kappa shape index (κ1) is 31.6. The van der Waals surface area contributed by atoms with Gasteiger partial charge in [-0.05, 0) is 60.4 Å². The summed E-state index contributed by atoms with van der Waals surface area (Å²) in [5.41, 5.74) is 2.03. The van der Waals surface area contributed by atoms with Gasteiger partial charge in [-0.2, -0.15) is 0 Å². The molecule has 41 heavy (non-hydrogen) atoms. The zero-order chi connectivity index (χ0) is 29.8. The van der Waals surface area contributed by atoms with E-state index in [1.807, 2.05) is 37.3 Å². The van der Waals surface area contributed by atoms with Crippen LogP contribution in [0.3, 0.4) is 0 Å². The maximum atomic E-state index is 13.8. The molecule has 220 valence electrons.